The molecule has 4 heteroatoms. The molecule has 0 aliphatic rings. The van der Waals surface area contributed by atoms with Crippen LogP contribution in [0.3, 0.4) is 0 Å². The second kappa shape index (κ2) is 9.75. The maximum Gasteiger partial charge on any atom is 0.398 e. The molecule has 0 saturated carbocycles. The molecule has 1 aromatic carbocycles. The summed E-state index contributed by atoms with van der Waals surface area (Å²) in [6.45, 7) is 13.9. The van der Waals surface area contributed by atoms with E-state index < -0.39 is 8.56 Å². The van der Waals surface area contributed by atoms with Gasteiger partial charge in [-0.1, -0.05) is 46.8 Å². The Balaban J connectivity index is 3.15. The third kappa shape index (κ3) is 5.84. The standard InChI is InChI=1S/C19H34O2SSi/c1-7-20-23(8-2,13-9-12-22)21-19-11-10-17(15(3)4)14-18(19)16(5)6/h10-11,14-16,22H,7-9,12-13H2,1-6H3. The van der Waals surface area contributed by atoms with E-state index in [2.05, 4.69) is 72.4 Å². The Bertz CT molecular complexity index is 476. The van der Waals surface area contributed by atoms with Crippen LogP contribution < -0.4 is 4.43 Å². The van der Waals surface area contributed by atoms with Gasteiger partial charge in [-0.15, -0.1) is 0 Å². The number of rotatable bonds is 10. The van der Waals surface area contributed by atoms with Crippen molar-refractivity contribution in [1.29, 1.82) is 0 Å². The van der Waals surface area contributed by atoms with E-state index in [1.165, 1.54) is 11.1 Å². The maximum atomic E-state index is 6.60. The van der Waals surface area contributed by atoms with Gasteiger partial charge in [-0.25, -0.2) is 0 Å². The first kappa shape index (κ1) is 20.6. The maximum absolute atomic E-state index is 6.60. The summed E-state index contributed by atoms with van der Waals surface area (Å²) >= 11 is 4.37. The summed E-state index contributed by atoms with van der Waals surface area (Å²) in [5.74, 6) is 2.88. The normalized spacial score (nSPS) is 14.3. The predicted octanol–water partition coefficient (Wildman–Crippen LogP) is 6.13. The average molecular weight is 355 g/mol. The van der Waals surface area contributed by atoms with Gasteiger partial charge in [0.15, 0.2) is 0 Å². The van der Waals surface area contributed by atoms with Crippen molar-refractivity contribution in [3.63, 3.8) is 0 Å². The summed E-state index contributed by atoms with van der Waals surface area (Å²) < 4.78 is 12.8. The van der Waals surface area contributed by atoms with Gasteiger partial charge >= 0.3 is 8.56 Å². The minimum absolute atomic E-state index is 0.443. The van der Waals surface area contributed by atoms with Gasteiger partial charge in [-0.3, -0.25) is 0 Å². The van der Waals surface area contributed by atoms with E-state index >= 15 is 0 Å². The fourth-order valence-corrected chi connectivity index (χ4v) is 6.08. The number of benzene rings is 1. The Labute approximate surface area is 149 Å². The Morgan fingerprint density at radius 2 is 1.78 bits per heavy atom. The predicted molar refractivity (Wildman–Crippen MR) is 106 cm³/mol. The largest absolute Gasteiger partial charge is 0.520 e. The van der Waals surface area contributed by atoms with Gasteiger partial charge in [-0.05, 0) is 54.2 Å². The Morgan fingerprint density at radius 1 is 1.09 bits per heavy atom. The van der Waals surface area contributed by atoms with Crippen molar-refractivity contribution in [2.75, 3.05) is 12.4 Å². The zero-order valence-electron chi connectivity index (χ0n) is 15.7. The highest BCUT2D eigenvalue weighted by molar-refractivity contribution is 7.80. The molecule has 1 aromatic rings. The summed E-state index contributed by atoms with van der Waals surface area (Å²) in [5, 5.41) is 0. The number of thiol groups is 1. The Kier molecular flexibility index (Phi) is 8.73. The minimum atomic E-state index is -2.20. The Morgan fingerprint density at radius 3 is 2.26 bits per heavy atom. The third-order valence-electron chi connectivity index (χ3n) is 4.28. The van der Waals surface area contributed by atoms with Crippen molar-refractivity contribution in [3.8, 4) is 5.75 Å². The van der Waals surface area contributed by atoms with Crippen LogP contribution in [0, 0.1) is 0 Å². The second-order valence-corrected chi connectivity index (χ2v) is 10.7. The molecule has 0 fully saturated rings. The molecule has 0 aromatic heterocycles. The van der Waals surface area contributed by atoms with Gasteiger partial charge < -0.3 is 8.85 Å². The smallest absolute Gasteiger partial charge is 0.398 e. The van der Waals surface area contributed by atoms with E-state index in [9.17, 15) is 0 Å². The Hall–Kier alpha value is -0.453. The van der Waals surface area contributed by atoms with Crippen LogP contribution >= 0.6 is 12.6 Å². The molecule has 1 unspecified atom stereocenters. The molecule has 0 amide bonds. The lowest BCUT2D eigenvalue weighted by molar-refractivity contribution is 0.249. The van der Waals surface area contributed by atoms with E-state index in [4.69, 9.17) is 8.85 Å². The van der Waals surface area contributed by atoms with Crippen molar-refractivity contribution in [3.05, 3.63) is 29.3 Å². The summed E-state index contributed by atoms with van der Waals surface area (Å²) in [6, 6.07) is 8.64. The number of hydrogen-bond donors (Lipinski definition) is 1. The average Bonchev–Trinajstić information content (AvgIpc) is 2.52. The van der Waals surface area contributed by atoms with Crippen molar-refractivity contribution < 1.29 is 8.85 Å². The fraction of sp³-hybridized carbons (Fsp3) is 0.684. The van der Waals surface area contributed by atoms with E-state index in [1.54, 1.807) is 0 Å². The molecule has 23 heavy (non-hydrogen) atoms. The zero-order chi connectivity index (χ0) is 17.5. The van der Waals surface area contributed by atoms with Crippen LogP contribution in [0.5, 0.6) is 5.75 Å². The van der Waals surface area contributed by atoms with Crippen LogP contribution in [-0.2, 0) is 4.43 Å². The summed E-state index contributed by atoms with van der Waals surface area (Å²) in [7, 11) is -2.20. The van der Waals surface area contributed by atoms with Crippen molar-refractivity contribution in [2.24, 2.45) is 0 Å². The fourth-order valence-electron chi connectivity index (χ4n) is 2.79. The van der Waals surface area contributed by atoms with E-state index in [-0.39, 0.29) is 0 Å². The molecule has 0 bridgehead atoms. The molecule has 0 aliphatic heterocycles. The monoisotopic (exact) mass is 354 g/mol. The van der Waals surface area contributed by atoms with Crippen molar-refractivity contribution >= 4 is 21.2 Å². The van der Waals surface area contributed by atoms with Crippen LogP contribution in [-0.4, -0.2) is 20.9 Å². The highest BCUT2D eigenvalue weighted by atomic mass is 32.1. The quantitative estimate of drug-likeness (QED) is 0.402. The van der Waals surface area contributed by atoms with Gasteiger partial charge in [0, 0.05) is 12.7 Å². The lowest BCUT2D eigenvalue weighted by atomic mass is 9.95. The molecule has 0 aliphatic carbocycles. The summed E-state index contributed by atoms with van der Waals surface area (Å²) in [5.41, 5.74) is 2.67. The molecule has 0 saturated heterocycles. The molecule has 0 spiro atoms. The van der Waals surface area contributed by atoms with Gasteiger partial charge in [0.05, 0.1) is 0 Å². The SMILES string of the molecule is CCO[Si](CC)(CCCS)Oc1ccc(C(C)C)cc1C(C)C. The lowest BCUT2D eigenvalue weighted by Crippen LogP contribution is -2.45. The lowest BCUT2D eigenvalue weighted by Gasteiger charge is -2.31. The molecule has 2 nitrogen and oxygen atoms in total. The first-order chi connectivity index (χ1) is 10.9. The molecular weight excluding hydrogens is 320 g/mol. The molecule has 0 radical (unpaired) electrons. The van der Waals surface area contributed by atoms with Gasteiger partial charge in [0.2, 0.25) is 0 Å². The van der Waals surface area contributed by atoms with Crippen molar-refractivity contribution in [2.45, 2.75) is 71.9 Å². The van der Waals surface area contributed by atoms with Crippen molar-refractivity contribution in [1.82, 2.24) is 0 Å². The number of hydrogen-bond acceptors (Lipinski definition) is 3. The van der Waals surface area contributed by atoms with Gasteiger partial charge in [0.1, 0.15) is 5.75 Å². The first-order valence-electron chi connectivity index (χ1n) is 8.96. The molecule has 132 valence electrons. The third-order valence-corrected chi connectivity index (χ3v) is 8.20. The molecule has 0 N–H and O–H groups in total. The molecule has 0 heterocycles. The minimum Gasteiger partial charge on any atom is -0.520 e. The van der Waals surface area contributed by atoms with Crippen LogP contribution in [0.25, 0.3) is 0 Å². The summed E-state index contributed by atoms with van der Waals surface area (Å²) in [6.07, 6.45) is 1.05. The van der Waals surface area contributed by atoms with Crippen LogP contribution in [0.2, 0.25) is 12.1 Å². The van der Waals surface area contributed by atoms with Crippen LogP contribution in [0.15, 0.2) is 18.2 Å². The first-order valence-corrected chi connectivity index (χ1v) is 11.8. The zero-order valence-corrected chi connectivity index (χ0v) is 17.6. The summed E-state index contributed by atoms with van der Waals surface area (Å²) in [4.78, 5) is 0. The van der Waals surface area contributed by atoms with E-state index in [1.807, 2.05) is 0 Å². The molecule has 1 atom stereocenters. The van der Waals surface area contributed by atoms with Crippen LogP contribution in [0.1, 0.15) is 70.9 Å². The molecular formula is C19H34O2SSi. The second-order valence-electron chi connectivity index (χ2n) is 6.73. The van der Waals surface area contributed by atoms with E-state index in [0.717, 1.165) is 30.0 Å². The van der Waals surface area contributed by atoms with Gasteiger partial charge in [0.25, 0.3) is 0 Å². The van der Waals surface area contributed by atoms with E-state index in [0.29, 0.717) is 18.4 Å². The van der Waals surface area contributed by atoms with Crippen LogP contribution in [0.4, 0.5) is 0 Å². The van der Waals surface area contributed by atoms with Gasteiger partial charge in [-0.2, -0.15) is 12.6 Å². The highest BCUT2D eigenvalue weighted by Gasteiger charge is 2.37. The molecule has 1 rings (SSSR count). The highest BCUT2D eigenvalue weighted by Crippen LogP contribution is 2.34. The topological polar surface area (TPSA) is 18.5 Å².